The molecule has 2 aromatic rings. The van der Waals surface area contributed by atoms with Gasteiger partial charge in [0.2, 0.25) is 5.91 Å². The van der Waals surface area contributed by atoms with Crippen LogP contribution in [-0.2, 0) is 11.2 Å². The van der Waals surface area contributed by atoms with Crippen molar-refractivity contribution in [3.63, 3.8) is 0 Å². The van der Waals surface area contributed by atoms with Gasteiger partial charge in [-0.15, -0.1) is 0 Å². The first-order valence-corrected chi connectivity index (χ1v) is 9.44. The number of amides is 2. The maximum atomic E-state index is 12.5. The number of aromatic nitrogens is 1. The molecule has 7 nitrogen and oxygen atoms in total. The molecule has 0 saturated carbocycles. The summed E-state index contributed by atoms with van der Waals surface area (Å²) in [6, 6.07) is 11.4. The smallest absolute Gasteiger partial charge is 0.251 e. The van der Waals surface area contributed by atoms with Gasteiger partial charge in [0, 0.05) is 51.4 Å². The molecule has 0 bridgehead atoms. The van der Waals surface area contributed by atoms with Gasteiger partial charge in [0.1, 0.15) is 11.6 Å². The van der Waals surface area contributed by atoms with Crippen LogP contribution in [0.4, 0.5) is 5.82 Å². The van der Waals surface area contributed by atoms with Crippen LogP contribution in [0, 0.1) is 0 Å². The quantitative estimate of drug-likeness (QED) is 0.824. The number of nitrogens with one attached hydrogen (secondary N) is 1. The molecule has 0 spiro atoms. The summed E-state index contributed by atoms with van der Waals surface area (Å²) in [5.74, 6) is 1.57. The molecule has 148 valence electrons. The van der Waals surface area contributed by atoms with Gasteiger partial charge in [-0.2, -0.15) is 0 Å². The maximum absolute atomic E-state index is 12.5. The standard InChI is InChI=1S/C21H26N4O3/c1-16(26)24-11-13-25(14-12-24)20-15-18(8-10-22-20)21(27)23-9-7-17-3-5-19(28-2)6-4-17/h3-6,8,10,15H,7,9,11-14H2,1-2H3,(H,23,27). The first kappa shape index (κ1) is 19.7. The summed E-state index contributed by atoms with van der Waals surface area (Å²) in [5, 5.41) is 2.96. The number of benzene rings is 1. The number of ether oxygens (including phenoxy) is 1. The van der Waals surface area contributed by atoms with Gasteiger partial charge in [-0.25, -0.2) is 4.98 Å². The van der Waals surface area contributed by atoms with Crippen LogP contribution < -0.4 is 15.0 Å². The number of nitrogens with zero attached hydrogens (tertiary/aromatic N) is 3. The number of pyridine rings is 1. The monoisotopic (exact) mass is 382 g/mol. The average Bonchev–Trinajstić information content (AvgIpc) is 2.74. The molecular formula is C21H26N4O3. The zero-order valence-corrected chi connectivity index (χ0v) is 16.4. The van der Waals surface area contributed by atoms with Crippen LogP contribution in [0.15, 0.2) is 42.6 Å². The lowest BCUT2D eigenvalue weighted by atomic mass is 10.1. The number of anilines is 1. The zero-order chi connectivity index (χ0) is 19.9. The van der Waals surface area contributed by atoms with Gasteiger partial charge in [-0.05, 0) is 36.2 Å². The van der Waals surface area contributed by atoms with Gasteiger partial charge < -0.3 is 19.9 Å². The van der Waals surface area contributed by atoms with E-state index in [0.717, 1.165) is 36.6 Å². The predicted molar refractivity (Wildman–Crippen MR) is 108 cm³/mol. The van der Waals surface area contributed by atoms with Gasteiger partial charge in [-0.1, -0.05) is 12.1 Å². The van der Waals surface area contributed by atoms with E-state index in [0.29, 0.717) is 25.2 Å². The van der Waals surface area contributed by atoms with Crippen LogP contribution in [0.25, 0.3) is 0 Å². The fraction of sp³-hybridized carbons (Fsp3) is 0.381. The Bertz CT molecular complexity index is 815. The molecule has 1 aliphatic rings. The number of carbonyl (C=O) groups is 2. The lowest BCUT2D eigenvalue weighted by Crippen LogP contribution is -2.48. The molecule has 7 heteroatoms. The molecule has 0 radical (unpaired) electrons. The van der Waals surface area contributed by atoms with E-state index in [1.54, 1.807) is 26.3 Å². The molecule has 2 heterocycles. The summed E-state index contributed by atoms with van der Waals surface area (Å²) in [5.41, 5.74) is 1.73. The molecule has 0 unspecified atom stereocenters. The Morgan fingerprint density at radius 2 is 1.82 bits per heavy atom. The Balaban J connectivity index is 1.53. The Labute approximate surface area is 165 Å². The van der Waals surface area contributed by atoms with Gasteiger partial charge in [0.25, 0.3) is 5.91 Å². The van der Waals surface area contributed by atoms with Crippen molar-refractivity contribution >= 4 is 17.6 Å². The number of carbonyl (C=O) groups excluding carboxylic acids is 2. The van der Waals surface area contributed by atoms with Crippen LogP contribution in [0.3, 0.4) is 0 Å². The summed E-state index contributed by atoms with van der Waals surface area (Å²) in [7, 11) is 1.64. The first-order valence-electron chi connectivity index (χ1n) is 9.44. The molecule has 1 aliphatic heterocycles. The third kappa shape index (κ3) is 5.00. The Morgan fingerprint density at radius 1 is 1.11 bits per heavy atom. The van der Waals surface area contributed by atoms with Crippen molar-refractivity contribution < 1.29 is 14.3 Å². The van der Waals surface area contributed by atoms with Crippen molar-refractivity contribution in [3.05, 3.63) is 53.7 Å². The molecule has 28 heavy (non-hydrogen) atoms. The fourth-order valence-corrected chi connectivity index (χ4v) is 3.20. The van der Waals surface area contributed by atoms with Gasteiger partial charge in [0.05, 0.1) is 7.11 Å². The van der Waals surface area contributed by atoms with E-state index < -0.39 is 0 Å². The summed E-state index contributed by atoms with van der Waals surface area (Å²) in [4.78, 5) is 32.3. The van der Waals surface area contributed by atoms with Crippen LogP contribution in [-0.4, -0.2) is 61.5 Å². The van der Waals surface area contributed by atoms with E-state index in [1.165, 1.54) is 0 Å². The lowest BCUT2D eigenvalue weighted by molar-refractivity contribution is -0.129. The molecule has 1 aromatic heterocycles. The van der Waals surface area contributed by atoms with Crippen LogP contribution in [0.2, 0.25) is 0 Å². The number of piperazine rings is 1. The average molecular weight is 382 g/mol. The minimum absolute atomic E-state index is 0.0950. The first-order chi connectivity index (χ1) is 13.6. The van der Waals surface area contributed by atoms with Crippen molar-refractivity contribution in [1.82, 2.24) is 15.2 Å². The summed E-state index contributed by atoms with van der Waals surface area (Å²) in [6.45, 7) is 4.93. The minimum Gasteiger partial charge on any atom is -0.497 e. The van der Waals surface area contributed by atoms with Crippen molar-refractivity contribution in [3.8, 4) is 5.75 Å². The number of hydrogen-bond acceptors (Lipinski definition) is 5. The van der Waals surface area contributed by atoms with Crippen molar-refractivity contribution in [2.24, 2.45) is 0 Å². The largest absolute Gasteiger partial charge is 0.497 e. The molecule has 2 amide bonds. The highest BCUT2D eigenvalue weighted by molar-refractivity contribution is 5.94. The molecule has 1 N–H and O–H groups in total. The third-order valence-electron chi connectivity index (χ3n) is 4.91. The normalized spacial score (nSPS) is 13.9. The molecule has 0 aliphatic carbocycles. The second-order valence-electron chi connectivity index (χ2n) is 6.75. The number of hydrogen-bond donors (Lipinski definition) is 1. The summed E-state index contributed by atoms with van der Waals surface area (Å²) >= 11 is 0. The minimum atomic E-state index is -0.112. The van der Waals surface area contributed by atoms with Gasteiger partial charge in [-0.3, -0.25) is 9.59 Å². The van der Waals surface area contributed by atoms with E-state index in [2.05, 4.69) is 15.2 Å². The topological polar surface area (TPSA) is 74.8 Å². The summed E-state index contributed by atoms with van der Waals surface area (Å²) < 4.78 is 5.15. The molecule has 1 fully saturated rings. The molecule has 1 saturated heterocycles. The third-order valence-corrected chi connectivity index (χ3v) is 4.91. The molecule has 3 rings (SSSR count). The second kappa shape index (κ2) is 9.21. The maximum Gasteiger partial charge on any atom is 0.251 e. The number of rotatable bonds is 6. The van der Waals surface area contributed by atoms with E-state index in [9.17, 15) is 9.59 Å². The fourth-order valence-electron chi connectivity index (χ4n) is 3.20. The molecular weight excluding hydrogens is 356 g/mol. The summed E-state index contributed by atoms with van der Waals surface area (Å²) in [6.07, 6.45) is 2.41. The lowest BCUT2D eigenvalue weighted by Gasteiger charge is -2.35. The predicted octanol–water partition coefficient (Wildman–Crippen LogP) is 1.73. The van der Waals surface area contributed by atoms with E-state index in [4.69, 9.17) is 4.74 Å². The van der Waals surface area contributed by atoms with Crippen molar-refractivity contribution in [2.75, 3.05) is 44.7 Å². The van der Waals surface area contributed by atoms with Crippen molar-refractivity contribution in [2.45, 2.75) is 13.3 Å². The Kier molecular flexibility index (Phi) is 6.47. The zero-order valence-electron chi connectivity index (χ0n) is 16.4. The highest BCUT2D eigenvalue weighted by Crippen LogP contribution is 2.16. The van der Waals surface area contributed by atoms with E-state index in [1.807, 2.05) is 35.2 Å². The van der Waals surface area contributed by atoms with Crippen LogP contribution >= 0.6 is 0 Å². The Morgan fingerprint density at radius 3 is 2.46 bits per heavy atom. The van der Waals surface area contributed by atoms with Crippen LogP contribution in [0.5, 0.6) is 5.75 Å². The highest BCUT2D eigenvalue weighted by Gasteiger charge is 2.20. The van der Waals surface area contributed by atoms with Crippen LogP contribution in [0.1, 0.15) is 22.8 Å². The van der Waals surface area contributed by atoms with Gasteiger partial charge >= 0.3 is 0 Å². The van der Waals surface area contributed by atoms with E-state index in [-0.39, 0.29) is 11.8 Å². The van der Waals surface area contributed by atoms with E-state index >= 15 is 0 Å². The molecule has 1 aromatic carbocycles. The second-order valence-corrected chi connectivity index (χ2v) is 6.75. The Hall–Kier alpha value is -3.09. The molecule has 0 atom stereocenters. The SMILES string of the molecule is COc1ccc(CCNC(=O)c2ccnc(N3CCN(C(C)=O)CC3)c2)cc1. The van der Waals surface area contributed by atoms with Gasteiger partial charge in [0.15, 0.2) is 0 Å². The highest BCUT2D eigenvalue weighted by atomic mass is 16.5. The van der Waals surface area contributed by atoms with Crippen molar-refractivity contribution in [1.29, 1.82) is 0 Å². The number of methoxy groups -OCH3 is 1.